The Morgan fingerprint density at radius 3 is 2.88 bits per heavy atom. The minimum atomic E-state index is -0.867. The van der Waals surface area contributed by atoms with Gasteiger partial charge in [0.2, 0.25) is 12.7 Å². The second-order valence-electron chi connectivity index (χ2n) is 5.41. The maximum atomic E-state index is 12.2. The van der Waals surface area contributed by atoms with Gasteiger partial charge in [0, 0.05) is 11.8 Å². The Labute approximate surface area is 137 Å². The van der Waals surface area contributed by atoms with Crippen LogP contribution in [0.15, 0.2) is 42.5 Å². The molecule has 0 radical (unpaired) electrons. The number of benzene rings is 2. The van der Waals surface area contributed by atoms with E-state index in [2.05, 4.69) is 10.6 Å². The molecule has 0 aliphatic carbocycles. The van der Waals surface area contributed by atoms with E-state index in [9.17, 15) is 9.59 Å². The van der Waals surface area contributed by atoms with Crippen molar-refractivity contribution in [2.75, 3.05) is 17.4 Å². The monoisotopic (exact) mass is 326 g/mol. The Balaban J connectivity index is 1.42. The maximum absolute atomic E-state index is 12.2. The molecule has 7 heteroatoms. The van der Waals surface area contributed by atoms with Gasteiger partial charge in [0.15, 0.2) is 17.6 Å². The van der Waals surface area contributed by atoms with Gasteiger partial charge in [-0.15, -0.1) is 0 Å². The van der Waals surface area contributed by atoms with E-state index in [1.807, 2.05) is 0 Å². The van der Waals surface area contributed by atoms with Crippen molar-refractivity contribution in [1.29, 1.82) is 0 Å². The molecule has 2 aromatic rings. The highest BCUT2D eigenvalue weighted by atomic mass is 16.7. The maximum Gasteiger partial charge on any atom is 0.266 e. The predicted molar refractivity (Wildman–Crippen MR) is 85.3 cm³/mol. The third-order valence-corrected chi connectivity index (χ3v) is 3.73. The third kappa shape index (κ3) is 2.71. The Kier molecular flexibility index (Phi) is 3.45. The molecule has 2 amide bonds. The number of ether oxygens (including phenoxy) is 3. The molecule has 1 unspecified atom stereocenters. The summed E-state index contributed by atoms with van der Waals surface area (Å²) in [7, 11) is 0. The summed E-state index contributed by atoms with van der Waals surface area (Å²) < 4.78 is 16.1. The minimum Gasteiger partial charge on any atom is -0.478 e. The van der Waals surface area contributed by atoms with Gasteiger partial charge in [-0.2, -0.15) is 0 Å². The molecule has 2 aliphatic heterocycles. The summed E-state index contributed by atoms with van der Waals surface area (Å²) in [6.45, 7) is 0.169. The summed E-state index contributed by atoms with van der Waals surface area (Å²) in [5.41, 5.74) is 1.18. The van der Waals surface area contributed by atoms with Crippen LogP contribution in [0.5, 0.6) is 17.2 Å². The second kappa shape index (κ2) is 5.77. The van der Waals surface area contributed by atoms with Gasteiger partial charge in [-0.25, -0.2) is 0 Å². The van der Waals surface area contributed by atoms with Gasteiger partial charge in [0.25, 0.3) is 5.91 Å². The first-order valence-corrected chi connectivity index (χ1v) is 7.45. The predicted octanol–water partition coefficient (Wildman–Crippen LogP) is 2.14. The number of hydrogen-bond donors (Lipinski definition) is 2. The molecule has 2 heterocycles. The molecule has 2 aromatic carbocycles. The number of rotatable bonds is 3. The number of carbonyl (C=O) groups is 2. The van der Waals surface area contributed by atoms with Crippen LogP contribution in [0, 0.1) is 0 Å². The van der Waals surface area contributed by atoms with Crippen molar-refractivity contribution in [2.45, 2.75) is 12.5 Å². The number of amides is 2. The van der Waals surface area contributed by atoms with Crippen molar-refractivity contribution in [3.8, 4) is 17.2 Å². The first kappa shape index (κ1) is 14.4. The van der Waals surface area contributed by atoms with E-state index in [-0.39, 0.29) is 25.0 Å². The summed E-state index contributed by atoms with van der Waals surface area (Å²) in [4.78, 5) is 24.2. The molecule has 1 atom stereocenters. The Bertz CT molecular complexity index is 820. The summed E-state index contributed by atoms with van der Waals surface area (Å²) in [6.07, 6.45) is -0.955. The number of anilines is 2. The van der Waals surface area contributed by atoms with E-state index in [1.54, 1.807) is 42.5 Å². The fourth-order valence-corrected chi connectivity index (χ4v) is 2.58. The molecule has 2 aliphatic rings. The fourth-order valence-electron chi connectivity index (χ4n) is 2.58. The van der Waals surface area contributed by atoms with Crippen LogP contribution in [0.2, 0.25) is 0 Å². The van der Waals surface area contributed by atoms with Gasteiger partial charge in [0.1, 0.15) is 5.75 Å². The Morgan fingerprint density at radius 1 is 1.12 bits per heavy atom. The molecule has 122 valence electrons. The van der Waals surface area contributed by atoms with Crippen LogP contribution in [0.3, 0.4) is 0 Å². The van der Waals surface area contributed by atoms with Crippen molar-refractivity contribution in [3.05, 3.63) is 42.5 Å². The highest BCUT2D eigenvalue weighted by molar-refractivity contribution is 6.02. The van der Waals surface area contributed by atoms with E-state index in [4.69, 9.17) is 14.2 Å². The van der Waals surface area contributed by atoms with Crippen molar-refractivity contribution in [1.82, 2.24) is 0 Å². The number of para-hydroxylation sites is 2. The zero-order chi connectivity index (χ0) is 16.5. The van der Waals surface area contributed by atoms with Crippen LogP contribution in [-0.4, -0.2) is 24.7 Å². The summed E-state index contributed by atoms with van der Waals surface area (Å²) in [5.74, 6) is 1.11. The molecule has 0 saturated heterocycles. The normalized spacial score (nSPS) is 17.5. The molecule has 0 spiro atoms. The van der Waals surface area contributed by atoms with Gasteiger partial charge in [-0.3, -0.25) is 9.59 Å². The van der Waals surface area contributed by atoms with Crippen molar-refractivity contribution < 1.29 is 23.8 Å². The number of hydrogen-bond acceptors (Lipinski definition) is 5. The summed E-state index contributed by atoms with van der Waals surface area (Å²) >= 11 is 0. The third-order valence-electron chi connectivity index (χ3n) is 3.73. The van der Waals surface area contributed by atoms with E-state index < -0.39 is 6.10 Å². The smallest absolute Gasteiger partial charge is 0.266 e. The van der Waals surface area contributed by atoms with Crippen LogP contribution < -0.4 is 24.8 Å². The van der Waals surface area contributed by atoms with Gasteiger partial charge in [0.05, 0.1) is 12.1 Å². The van der Waals surface area contributed by atoms with E-state index in [0.717, 1.165) is 0 Å². The topological polar surface area (TPSA) is 85.9 Å². The lowest BCUT2D eigenvalue weighted by Crippen LogP contribution is -2.39. The highest BCUT2D eigenvalue weighted by Crippen LogP contribution is 2.34. The zero-order valence-electron chi connectivity index (χ0n) is 12.6. The standard InChI is InChI=1S/C17H14N2O5/c20-16(18-10-5-6-13-14(7-10)23-9-22-13)8-15-17(21)19-11-3-1-2-4-12(11)24-15/h1-7,15H,8-9H2,(H,18,20)(H,19,21). The first-order valence-electron chi connectivity index (χ1n) is 7.45. The summed E-state index contributed by atoms with van der Waals surface area (Å²) in [5, 5.41) is 5.46. The molecule has 4 rings (SSSR count). The lowest BCUT2D eigenvalue weighted by atomic mass is 10.1. The highest BCUT2D eigenvalue weighted by Gasteiger charge is 2.29. The van der Waals surface area contributed by atoms with Gasteiger partial charge in [-0.1, -0.05) is 12.1 Å². The van der Waals surface area contributed by atoms with Crippen LogP contribution in [0.4, 0.5) is 11.4 Å². The minimum absolute atomic E-state index is 0.0887. The first-order chi connectivity index (χ1) is 11.7. The Morgan fingerprint density at radius 2 is 1.96 bits per heavy atom. The van der Waals surface area contributed by atoms with Crippen molar-refractivity contribution >= 4 is 23.2 Å². The summed E-state index contributed by atoms with van der Waals surface area (Å²) in [6, 6.07) is 12.2. The molecular formula is C17H14N2O5. The van der Waals surface area contributed by atoms with Crippen LogP contribution in [-0.2, 0) is 9.59 Å². The fraction of sp³-hybridized carbons (Fsp3) is 0.176. The van der Waals surface area contributed by atoms with E-state index in [1.165, 1.54) is 0 Å². The van der Waals surface area contributed by atoms with Gasteiger partial charge >= 0.3 is 0 Å². The zero-order valence-corrected chi connectivity index (χ0v) is 12.6. The molecule has 0 aromatic heterocycles. The van der Waals surface area contributed by atoms with Crippen LogP contribution in [0.1, 0.15) is 6.42 Å². The molecule has 0 fully saturated rings. The number of carbonyl (C=O) groups excluding carboxylic acids is 2. The van der Waals surface area contributed by atoms with Crippen molar-refractivity contribution in [2.24, 2.45) is 0 Å². The number of fused-ring (bicyclic) bond motifs is 2. The molecule has 7 nitrogen and oxygen atoms in total. The SMILES string of the molecule is O=C(CC1Oc2ccccc2NC1=O)Nc1ccc2c(c1)OCO2. The molecule has 0 saturated carbocycles. The second-order valence-corrected chi connectivity index (χ2v) is 5.41. The average molecular weight is 326 g/mol. The molecule has 0 bridgehead atoms. The lowest BCUT2D eigenvalue weighted by molar-refractivity contribution is -0.128. The Hall–Kier alpha value is -3.22. The van der Waals surface area contributed by atoms with Crippen LogP contribution in [0.25, 0.3) is 0 Å². The van der Waals surface area contributed by atoms with Crippen LogP contribution >= 0.6 is 0 Å². The van der Waals surface area contributed by atoms with E-state index >= 15 is 0 Å². The molecule has 2 N–H and O–H groups in total. The largest absolute Gasteiger partial charge is 0.478 e. The van der Waals surface area contributed by atoms with Gasteiger partial charge in [-0.05, 0) is 24.3 Å². The molecule has 24 heavy (non-hydrogen) atoms. The number of nitrogens with one attached hydrogen (secondary N) is 2. The van der Waals surface area contributed by atoms with E-state index in [0.29, 0.717) is 28.6 Å². The lowest BCUT2D eigenvalue weighted by Gasteiger charge is -2.25. The van der Waals surface area contributed by atoms with Gasteiger partial charge < -0.3 is 24.8 Å². The van der Waals surface area contributed by atoms with Crippen molar-refractivity contribution in [3.63, 3.8) is 0 Å². The molecular weight excluding hydrogens is 312 g/mol. The average Bonchev–Trinajstić information content (AvgIpc) is 3.03. The quantitative estimate of drug-likeness (QED) is 0.902.